The first kappa shape index (κ1) is 14.1. The minimum Gasteiger partial charge on any atom is -0.347 e. The van der Waals surface area contributed by atoms with Crippen LogP contribution in [0.25, 0.3) is 0 Å². The summed E-state index contributed by atoms with van der Waals surface area (Å²) in [6, 6.07) is 0. The predicted molar refractivity (Wildman–Crippen MR) is 54.3 cm³/mol. The number of rotatable bonds is 8. The number of methoxy groups -OCH3 is 1. The van der Waals surface area contributed by atoms with Crippen LogP contribution in [-0.4, -0.2) is 38.5 Å². The van der Waals surface area contributed by atoms with Crippen LogP contribution in [0.15, 0.2) is 0 Å². The average molecular weight is 227 g/mol. The van der Waals surface area contributed by atoms with Gasteiger partial charge in [0.2, 0.25) is 6.29 Å². The van der Waals surface area contributed by atoms with Gasteiger partial charge in [-0.1, -0.05) is 11.6 Å². The van der Waals surface area contributed by atoms with Crippen molar-refractivity contribution in [3.05, 3.63) is 0 Å². The summed E-state index contributed by atoms with van der Waals surface area (Å²) < 4.78 is 20.9. The fraction of sp³-hybridized carbons (Fsp3) is 1.00. The quantitative estimate of drug-likeness (QED) is 0.468. The van der Waals surface area contributed by atoms with E-state index in [0.29, 0.717) is 19.8 Å². The van der Waals surface area contributed by atoms with Crippen LogP contribution in [0.1, 0.15) is 20.8 Å². The van der Waals surface area contributed by atoms with E-state index in [2.05, 4.69) is 0 Å². The first-order valence-electron chi connectivity index (χ1n) is 4.75. The van der Waals surface area contributed by atoms with Gasteiger partial charge < -0.3 is 18.9 Å². The molecule has 0 heterocycles. The summed E-state index contributed by atoms with van der Waals surface area (Å²) in [5.74, 6) is 0. The summed E-state index contributed by atoms with van der Waals surface area (Å²) in [5.41, 5.74) is 0. The molecule has 86 valence electrons. The van der Waals surface area contributed by atoms with E-state index in [1.165, 1.54) is 7.11 Å². The lowest BCUT2D eigenvalue weighted by atomic mass is 10.5. The van der Waals surface area contributed by atoms with Crippen molar-refractivity contribution in [2.24, 2.45) is 0 Å². The van der Waals surface area contributed by atoms with E-state index in [9.17, 15) is 0 Å². The van der Waals surface area contributed by atoms with E-state index in [1.54, 1.807) is 0 Å². The van der Waals surface area contributed by atoms with Gasteiger partial charge >= 0.3 is 5.25 Å². The van der Waals surface area contributed by atoms with Gasteiger partial charge in [0, 0.05) is 26.9 Å². The molecular formula is C9H19ClO4. The summed E-state index contributed by atoms with van der Waals surface area (Å²) in [4.78, 5) is 0. The number of hydrogen-bond donors (Lipinski definition) is 0. The Balaban J connectivity index is 4.37. The summed E-state index contributed by atoms with van der Waals surface area (Å²) >= 11 is 6.05. The molecule has 0 aromatic carbocycles. The third kappa shape index (κ3) is 4.11. The smallest absolute Gasteiger partial charge is 0.301 e. The Morgan fingerprint density at radius 1 is 1.07 bits per heavy atom. The lowest BCUT2D eigenvalue weighted by Crippen LogP contribution is -2.45. The van der Waals surface area contributed by atoms with Crippen LogP contribution in [-0.2, 0) is 18.9 Å². The molecule has 0 N–H and O–H groups in total. The summed E-state index contributed by atoms with van der Waals surface area (Å²) in [5, 5.41) is -1.36. The van der Waals surface area contributed by atoms with E-state index >= 15 is 0 Å². The van der Waals surface area contributed by atoms with Crippen LogP contribution in [0.2, 0.25) is 0 Å². The lowest BCUT2D eigenvalue weighted by Gasteiger charge is -2.32. The van der Waals surface area contributed by atoms with Crippen molar-refractivity contribution >= 4 is 11.6 Å². The molecule has 0 aliphatic rings. The molecule has 1 unspecified atom stereocenters. The Bertz CT molecular complexity index is 139. The zero-order valence-electron chi connectivity index (χ0n) is 9.21. The molecule has 14 heavy (non-hydrogen) atoms. The second-order valence-corrected chi connectivity index (χ2v) is 2.99. The zero-order valence-corrected chi connectivity index (χ0v) is 9.97. The highest BCUT2D eigenvalue weighted by molar-refractivity contribution is 6.22. The van der Waals surface area contributed by atoms with Crippen molar-refractivity contribution in [3.8, 4) is 0 Å². The number of hydrogen-bond acceptors (Lipinski definition) is 4. The van der Waals surface area contributed by atoms with E-state index in [-0.39, 0.29) is 0 Å². The molecule has 0 aromatic heterocycles. The fourth-order valence-electron chi connectivity index (χ4n) is 0.970. The average Bonchev–Trinajstić information content (AvgIpc) is 2.18. The molecule has 0 rings (SSSR count). The van der Waals surface area contributed by atoms with Crippen molar-refractivity contribution in [1.29, 1.82) is 0 Å². The molecule has 5 heteroatoms. The molecule has 0 radical (unpaired) electrons. The van der Waals surface area contributed by atoms with Gasteiger partial charge in [-0.25, -0.2) is 0 Å². The van der Waals surface area contributed by atoms with Crippen LogP contribution in [0.3, 0.4) is 0 Å². The normalized spacial score (nSPS) is 15.9. The van der Waals surface area contributed by atoms with Crippen molar-refractivity contribution in [2.75, 3.05) is 26.9 Å². The van der Waals surface area contributed by atoms with Gasteiger partial charge in [0.25, 0.3) is 0 Å². The Kier molecular flexibility index (Phi) is 7.49. The molecule has 4 nitrogen and oxygen atoms in total. The number of halogens is 1. The Morgan fingerprint density at radius 3 is 1.86 bits per heavy atom. The van der Waals surface area contributed by atoms with Crippen LogP contribution >= 0.6 is 11.6 Å². The third-order valence-corrected chi connectivity index (χ3v) is 1.98. The third-order valence-electron chi connectivity index (χ3n) is 1.54. The molecule has 0 fully saturated rings. The van der Waals surface area contributed by atoms with Crippen LogP contribution in [0.5, 0.6) is 0 Å². The molecule has 0 saturated heterocycles. The Labute approximate surface area is 90.4 Å². The predicted octanol–water partition coefficient (Wildman–Crippen LogP) is 1.96. The Morgan fingerprint density at radius 2 is 1.57 bits per heavy atom. The van der Waals surface area contributed by atoms with Crippen molar-refractivity contribution in [3.63, 3.8) is 0 Å². The zero-order chi connectivity index (χ0) is 11.0. The van der Waals surface area contributed by atoms with Crippen molar-refractivity contribution < 1.29 is 18.9 Å². The minimum atomic E-state index is -1.36. The van der Waals surface area contributed by atoms with Crippen molar-refractivity contribution in [1.82, 2.24) is 0 Å². The molecule has 0 aliphatic carbocycles. The van der Waals surface area contributed by atoms with Crippen LogP contribution < -0.4 is 0 Å². The molecule has 0 aliphatic heterocycles. The lowest BCUT2D eigenvalue weighted by molar-refractivity contribution is -0.300. The first-order chi connectivity index (χ1) is 6.64. The van der Waals surface area contributed by atoms with Gasteiger partial charge in [-0.2, -0.15) is 0 Å². The number of ether oxygens (including phenoxy) is 4. The molecule has 0 aromatic rings. The molecule has 0 bridgehead atoms. The van der Waals surface area contributed by atoms with Gasteiger partial charge in [0.15, 0.2) is 0 Å². The maximum atomic E-state index is 6.05. The van der Waals surface area contributed by atoms with Gasteiger partial charge in [-0.05, 0) is 20.8 Å². The molecule has 0 saturated carbocycles. The second kappa shape index (κ2) is 7.43. The highest BCUT2D eigenvalue weighted by Gasteiger charge is 2.40. The fourth-order valence-corrected chi connectivity index (χ4v) is 1.21. The van der Waals surface area contributed by atoms with E-state index in [0.717, 1.165) is 0 Å². The standard InChI is InChI=1S/C9H19ClO4/c1-5-12-8(13-6-2)9(10,11-4)14-7-3/h8H,5-7H2,1-4H3. The second-order valence-electron chi connectivity index (χ2n) is 2.46. The van der Waals surface area contributed by atoms with Crippen LogP contribution in [0, 0.1) is 0 Å². The first-order valence-corrected chi connectivity index (χ1v) is 5.13. The topological polar surface area (TPSA) is 36.9 Å². The monoisotopic (exact) mass is 226 g/mol. The van der Waals surface area contributed by atoms with Gasteiger partial charge in [0.05, 0.1) is 0 Å². The maximum Gasteiger partial charge on any atom is 0.301 e. The SMILES string of the molecule is CCOC(OCC)C(Cl)(OC)OCC. The molecule has 1 atom stereocenters. The molecule has 0 amide bonds. The molecule has 0 spiro atoms. The largest absolute Gasteiger partial charge is 0.347 e. The summed E-state index contributed by atoms with van der Waals surface area (Å²) in [6.45, 7) is 6.92. The molecular weight excluding hydrogens is 208 g/mol. The van der Waals surface area contributed by atoms with Gasteiger partial charge in [0.1, 0.15) is 0 Å². The summed E-state index contributed by atoms with van der Waals surface area (Å²) in [7, 11) is 1.45. The van der Waals surface area contributed by atoms with E-state index < -0.39 is 11.5 Å². The highest BCUT2D eigenvalue weighted by Crippen LogP contribution is 2.26. The number of alkyl halides is 1. The van der Waals surface area contributed by atoms with Crippen LogP contribution in [0.4, 0.5) is 0 Å². The highest BCUT2D eigenvalue weighted by atomic mass is 35.5. The Hall–Kier alpha value is 0.130. The van der Waals surface area contributed by atoms with E-state index in [4.69, 9.17) is 30.5 Å². The summed E-state index contributed by atoms with van der Waals surface area (Å²) in [6.07, 6.45) is -0.718. The minimum absolute atomic E-state index is 0.425. The van der Waals surface area contributed by atoms with Gasteiger partial charge in [-0.15, -0.1) is 0 Å². The van der Waals surface area contributed by atoms with E-state index in [1.807, 2.05) is 20.8 Å². The maximum absolute atomic E-state index is 6.05. The van der Waals surface area contributed by atoms with Crippen molar-refractivity contribution in [2.45, 2.75) is 32.3 Å². The van der Waals surface area contributed by atoms with Gasteiger partial charge in [-0.3, -0.25) is 0 Å².